The molecule has 5 nitrogen and oxygen atoms in total. The molecule has 6 heteroatoms. The van der Waals surface area contributed by atoms with Gasteiger partial charge in [-0.25, -0.2) is 4.98 Å². The standard InChI is InChI=1S/C26H27ClN4O/c1-18-19(2)31(24-12-8-7-11-23(24)27)20(3)25(18)26(32)29-22(16-30-14-13-28-17-30)15-21-9-5-4-6-10-21/h4-14,17,22H,15-16H2,1-3H3,(H,29,32)/t22-/m0/s1. The van der Waals surface area contributed by atoms with Crippen LogP contribution >= 0.6 is 11.6 Å². The van der Waals surface area contributed by atoms with Crippen molar-refractivity contribution in [1.82, 2.24) is 19.4 Å². The molecular weight excluding hydrogens is 420 g/mol. The van der Waals surface area contributed by atoms with Crippen molar-refractivity contribution >= 4 is 17.5 Å². The summed E-state index contributed by atoms with van der Waals surface area (Å²) >= 11 is 6.47. The average molecular weight is 447 g/mol. The van der Waals surface area contributed by atoms with Crippen molar-refractivity contribution in [1.29, 1.82) is 0 Å². The predicted octanol–water partition coefficient (Wildman–Crippen LogP) is 5.29. The van der Waals surface area contributed by atoms with Crippen LogP contribution in [0, 0.1) is 20.8 Å². The Kier molecular flexibility index (Phi) is 6.47. The Morgan fingerprint density at radius 2 is 1.75 bits per heavy atom. The first-order chi connectivity index (χ1) is 15.5. The van der Waals surface area contributed by atoms with Gasteiger partial charge in [-0.1, -0.05) is 54.1 Å². The van der Waals surface area contributed by atoms with Gasteiger partial charge in [-0.3, -0.25) is 4.79 Å². The van der Waals surface area contributed by atoms with Gasteiger partial charge in [0.2, 0.25) is 0 Å². The van der Waals surface area contributed by atoms with E-state index in [-0.39, 0.29) is 11.9 Å². The molecule has 0 bridgehead atoms. The Labute approximate surface area is 193 Å². The van der Waals surface area contributed by atoms with Crippen LogP contribution in [0.5, 0.6) is 0 Å². The number of amides is 1. The number of imidazole rings is 1. The van der Waals surface area contributed by atoms with Crippen LogP contribution in [0.3, 0.4) is 0 Å². The van der Waals surface area contributed by atoms with E-state index in [1.54, 1.807) is 12.5 Å². The van der Waals surface area contributed by atoms with E-state index in [1.165, 1.54) is 5.56 Å². The third-order valence-corrected chi connectivity index (χ3v) is 6.24. The lowest BCUT2D eigenvalue weighted by atomic mass is 10.0. The topological polar surface area (TPSA) is 51.9 Å². The molecule has 2 heterocycles. The van der Waals surface area contributed by atoms with Gasteiger partial charge in [0.15, 0.2) is 0 Å². The summed E-state index contributed by atoms with van der Waals surface area (Å²) in [6.45, 7) is 6.63. The van der Waals surface area contributed by atoms with Crippen LogP contribution in [0.2, 0.25) is 5.02 Å². The number of benzene rings is 2. The number of carbonyl (C=O) groups is 1. The van der Waals surface area contributed by atoms with Crippen LogP contribution in [0.25, 0.3) is 5.69 Å². The maximum absolute atomic E-state index is 13.5. The fraction of sp³-hybridized carbons (Fsp3) is 0.231. The number of para-hydroxylation sites is 1. The minimum Gasteiger partial charge on any atom is -0.347 e. The molecule has 0 aliphatic carbocycles. The lowest BCUT2D eigenvalue weighted by molar-refractivity contribution is 0.0931. The fourth-order valence-electron chi connectivity index (χ4n) is 4.28. The molecule has 0 spiro atoms. The minimum absolute atomic E-state index is 0.0741. The number of nitrogens with zero attached hydrogens (tertiary/aromatic N) is 3. The average Bonchev–Trinajstić information content (AvgIpc) is 3.36. The molecule has 4 rings (SSSR count). The van der Waals surface area contributed by atoms with Gasteiger partial charge in [0.1, 0.15) is 0 Å². The number of nitrogens with one attached hydrogen (secondary N) is 1. The van der Waals surface area contributed by atoms with E-state index in [0.717, 1.165) is 29.1 Å². The molecule has 0 aliphatic rings. The van der Waals surface area contributed by atoms with Crippen LogP contribution in [-0.4, -0.2) is 26.1 Å². The van der Waals surface area contributed by atoms with Gasteiger partial charge in [0.25, 0.3) is 5.91 Å². The monoisotopic (exact) mass is 446 g/mol. The molecule has 0 saturated carbocycles. The number of aromatic nitrogens is 3. The molecule has 2 aromatic carbocycles. The van der Waals surface area contributed by atoms with Gasteiger partial charge in [0, 0.05) is 30.3 Å². The van der Waals surface area contributed by atoms with Crippen molar-refractivity contribution in [2.24, 2.45) is 0 Å². The highest BCUT2D eigenvalue weighted by molar-refractivity contribution is 6.32. The first-order valence-electron chi connectivity index (χ1n) is 10.7. The summed E-state index contributed by atoms with van der Waals surface area (Å²) in [6.07, 6.45) is 6.17. The SMILES string of the molecule is Cc1c(C(=O)N[C@@H](Cc2ccccc2)Cn2ccnc2)c(C)n(-c2ccccc2Cl)c1C. The summed E-state index contributed by atoms with van der Waals surface area (Å²) in [5.74, 6) is -0.0741. The normalized spacial score (nSPS) is 12.0. The van der Waals surface area contributed by atoms with Crippen molar-refractivity contribution in [2.45, 2.75) is 39.8 Å². The van der Waals surface area contributed by atoms with Crippen LogP contribution < -0.4 is 5.32 Å². The number of rotatable bonds is 7. The molecule has 0 radical (unpaired) electrons. The quantitative estimate of drug-likeness (QED) is 0.419. The first kappa shape index (κ1) is 21.9. The molecule has 32 heavy (non-hydrogen) atoms. The van der Waals surface area contributed by atoms with E-state index in [1.807, 2.05) is 74.0 Å². The van der Waals surface area contributed by atoms with E-state index in [0.29, 0.717) is 17.1 Å². The summed E-state index contributed by atoms with van der Waals surface area (Å²) in [7, 11) is 0. The predicted molar refractivity (Wildman–Crippen MR) is 129 cm³/mol. The highest BCUT2D eigenvalue weighted by Gasteiger charge is 2.24. The van der Waals surface area contributed by atoms with Gasteiger partial charge in [-0.15, -0.1) is 0 Å². The molecule has 164 valence electrons. The lowest BCUT2D eigenvalue weighted by Crippen LogP contribution is -2.39. The maximum atomic E-state index is 13.5. The number of halogens is 1. The number of hydrogen-bond acceptors (Lipinski definition) is 2. The van der Waals surface area contributed by atoms with Crippen LogP contribution in [-0.2, 0) is 13.0 Å². The van der Waals surface area contributed by atoms with Crippen molar-refractivity contribution in [3.05, 3.63) is 106 Å². The van der Waals surface area contributed by atoms with Crippen LogP contribution in [0.1, 0.15) is 32.9 Å². The molecule has 1 atom stereocenters. The Bertz CT molecular complexity index is 1210. The minimum atomic E-state index is -0.0816. The van der Waals surface area contributed by atoms with Gasteiger partial charge >= 0.3 is 0 Å². The first-order valence-corrected chi connectivity index (χ1v) is 11.1. The molecule has 0 aliphatic heterocycles. The Balaban J connectivity index is 1.65. The number of carbonyl (C=O) groups excluding carboxylic acids is 1. The molecule has 2 aromatic heterocycles. The fourth-order valence-corrected chi connectivity index (χ4v) is 4.50. The second-order valence-electron chi connectivity index (χ2n) is 8.08. The van der Waals surface area contributed by atoms with Crippen molar-refractivity contribution in [3.8, 4) is 5.69 Å². The van der Waals surface area contributed by atoms with E-state index < -0.39 is 0 Å². The van der Waals surface area contributed by atoms with E-state index >= 15 is 0 Å². The molecule has 1 amide bonds. The smallest absolute Gasteiger partial charge is 0.253 e. The Hall–Kier alpha value is -3.31. The molecule has 0 fully saturated rings. The maximum Gasteiger partial charge on any atom is 0.253 e. The van der Waals surface area contributed by atoms with E-state index in [2.05, 4.69) is 27.0 Å². The zero-order valence-electron chi connectivity index (χ0n) is 18.5. The van der Waals surface area contributed by atoms with Gasteiger partial charge in [-0.2, -0.15) is 0 Å². The highest BCUT2D eigenvalue weighted by Crippen LogP contribution is 2.29. The summed E-state index contributed by atoms with van der Waals surface area (Å²) < 4.78 is 4.06. The number of hydrogen-bond donors (Lipinski definition) is 1. The van der Waals surface area contributed by atoms with Crippen LogP contribution in [0.4, 0.5) is 0 Å². The van der Waals surface area contributed by atoms with E-state index in [9.17, 15) is 4.79 Å². The largest absolute Gasteiger partial charge is 0.347 e. The second-order valence-corrected chi connectivity index (χ2v) is 8.48. The van der Waals surface area contributed by atoms with Crippen molar-refractivity contribution < 1.29 is 4.79 Å². The lowest BCUT2D eigenvalue weighted by Gasteiger charge is -2.20. The third-order valence-electron chi connectivity index (χ3n) is 5.92. The Morgan fingerprint density at radius 3 is 2.44 bits per heavy atom. The molecule has 0 unspecified atom stereocenters. The summed E-state index contributed by atoms with van der Waals surface area (Å²) in [5, 5.41) is 3.93. The van der Waals surface area contributed by atoms with Crippen LogP contribution in [0.15, 0.2) is 73.3 Å². The summed E-state index contributed by atoms with van der Waals surface area (Å²) in [5.41, 5.74) is 5.61. The summed E-state index contributed by atoms with van der Waals surface area (Å²) in [6, 6.07) is 17.8. The highest BCUT2D eigenvalue weighted by atomic mass is 35.5. The summed E-state index contributed by atoms with van der Waals surface area (Å²) in [4.78, 5) is 17.7. The molecule has 4 aromatic rings. The van der Waals surface area contributed by atoms with Gasteiger partial charge < -0.3 is 14.5 Å². The van der Waals surface area contributed by atoms with Gasteiger partial charge in [-0.05, 0) is 50.5 Å². The Morgan fingerprint density at radius 1 is 1.03 bits per heavy atom. The zero-order chi connectivity index (χ0) is 22.7. The molecule has 0 saturated heterocycles. The third kappa shape index (κ3) is 4.48. The van der Waals surface area contributed by atoms with Crippen molar-refractivity contribution in [3.63, 3.8) is 0 Å². The zero-order valence-corrected chi connectivity index (χ0v) is 19.3. The van der Waals surface area contributed by atoms with Gasteiger partial charge in [0.05, 0.1) is 28.6 Å². The molecular formula is C26H27ClN4O. The van der Waals surface area contributed by atoms with E-state index in [4.69, 9.17) is 11.6 Å². The molecule has 1 N–H and O–H groups in total. The van der Waals surface area contributed by atoms with Crippen molar-refractivity contribution in [2.75, 3.05) is 0 Å². The second kappa shape index (κ2) is 9.45.